The van der Waals surface area contributed by atoms with Crippen LogP contribution in [0.1, 0.15) is 132 Å². The number of carbonyl (C=O) groups excluding carboxylic acids is 5. The van der Waals surface area contributed by atoms with Crippen LogP contribution in [0.5, 0.6) is 0 Å². The second-order valence-corrected chi connectivity index (χ2v) is 39.9. The molecule has 12 rings (SSSR count). The average Bonchev–Trinajstić information content (AvgIpc) is 1.42. The van der Waals surface area contributed by atoms with Gasteiger partial charge < -0.3 is 50.3 Å². The van der Waals surface area contributed by atoms with E-state index in [9.17, 15) is 59.1 Å². The van der Waals surface area contributed by atoms with Crippen LogP contribution in [0.15, 0.2) is 147 Å². The van der Waals surface area contributed by atoms with Crippen LogP contribution in [0.3, 0.4) is 0 Å². The summed E-state index contributed by atoms with van der Waals surface area (Å²) in [6, 6.07) is 31.4. The summed E-state index contributed by atoms with van der Waals surface area (Å²) < 4.78 is 105. The number of aliphatic hydroxyl groups is 1. The Bertz CT molecular complexity index is 4680. The summed E-state index contributed by atoms with van der Waals surface area (Å²) in [5, 5.41) is 20.5. The molecule has 5 amide bonds. The van der Waals surface area contributed by atoms with Crippen molar-refractivity contribution >= 4 is 101 Å². The van der Waals surface area contributed by atoms with Crippen LogP contribution in [0.2, 0.25) is 5.02 Å². The second kappa shape index (κ2) is 38.9. The van der Waals surface area contributed by atoms with Crippen molar-refractivity contribution in [1.29, 1.82) is 0 Å². The lowest BCUT2D eigenvalue weighted by atomic mass is 9.70. The van der Waals surface area contributed by atoms with Crippen molar-refractivity contribution in [3.8, 4) is 10.4 Å². The molecule has 5 N–H and O–H groups in total. The number of thiazole rings is 1. The summed E-state index contributed by atoms with van der Waals surface area (Å²) in [6.45, 7) is 22.7. The Morgan fingerprint density at radius 2 is 1.46 bits per heavy atom. The third kappa shape index (κ3) is 23.2. The topological polar surface area (TPSA) is 267 Å². The van der Waals surface area contributed by atoms with Crippen molar-refractivity contribution < 1.29 is 63.8 Å². The number of benzene rings is 5. The summed E-state index contributed by atoms with van der Waals surface area (Å²) in [6.07, 6.45) is 7.30. The summed E-state index contributed by atoms with van der Waals surface area (Å²) in [5.74, 6) is -0.967. The van der Waals surface area contributed by atoms with E-state index in [2.05, 4.69) is 59.6 Å². The highest BCUT2D eigenvalue weighted by Crippen LogP contribution is 2.46. The van der Waals surface area contributed by atoms with Crippen LogP contribution in [0.4, 0.5) is 24.5 Å². The quantitative estimate of drug-likeness (QED) is 0.0273. The predicted octanol–water partition coefficient (Wildman–Crippen LogP) is 11.9. The first kappa shape index (κ1) is 88.8. The number of ether oxygens (including phenoxy) is 1. The molecule has 1 aliphatic carbocycles. The summed E-state index contributed by atoms with van der Waals surface area (Å²) in [4.78, 5) is 88.4. The number of piperazine rings is 1. The highest BCUT2D eigenvalue weighted by atomic mass is 35.5. The molecule has 6 heterocycles. The first-order valence-corrected chi connectivity index (χ1v) is 46.0. The Balaban J connectivity index is 0.591. The molecule has 5 fully saturated rings. The normalized spacial score (nSPS) is 21.1. The number of nitrogens with zero attached hydrogens (tertiary/aromatic N) is 8. The predicted molar refractivity (Wildman–Crippen MR) is 453 cm³/mol. The maximum Gasteiger partial charge on any atom is 0.501 e. The number of hydrogen-bond acceptors (Lipinski definition) is 20. The van der Waals surface area contributed by atoms with E-state index in [1.54, 1.807) is 35.4 Å². The molecule has 0 unspecified atom stereocenters. The number of nitrogens with one attached hydrogen (secondary N) is 4. The maximum atomic E-state index is 14.5. The van der Waals surface area contributed by atoms with Gasteiger partial charge in [-0.15, -0.1) is 23.1 Å². The van der Waals surface area contributed by atoms with Gasteiger partial charge in [-0.25, -0.2) is 26.5 Å². The summed E-state index contributed by atoms with van der Waals surface area (Å²) in [7, 11) is -9.31. The van der Waals surface area contributed by atoms with E-state index in [0.29, 0.717) is 87.6 Å². The summed E-state index contributed by atoms with van der Waals surface area (Å²) >= 11 is 9.44. The van der Waals surface area contributed by atoms with Crippen LogP contribution in [-0.2, 0) is 43.8 Å². The third-order valence-corrected chi connectivity index (χ3v) is 29.2. The molecule has 0 spiro atoms. The van der Waals surface area contributed by atoms with Gasteiger partial charge in [0.05, 0.1) is 58.5 Å². The number of aryl methyl sites for hydroxylation is 1. The van der Waals surface area contributed by atoms with Crippen molar-refractivity contribution in [2.75, 3.05) is 141 Å². The van der Waals surface area contributed by atoms with Crippen molar-refractivity contribution in [2.24, 2.45) is 22.7 Å². The SMILES string of the molecule is Cc1ncsc1-c1ccc([C@H](C)NC(=O)[C@@H]2C[C@@H](O)CN2C(=O)[C@@H](NC(=O)CN(C)CC(=O)N2CCC(C3CCN(C[C@]4(C)CCC(c5ccc(Cl)cc5)=C(CN5CCN(c6ccc(C(=O)NS(=O)(=O)c7ccc(N[C@H](CCN8CCCOCC8)CSc8ccccc8)c(S(=O)(=O)C(F)(F)F)c7)cc6)CC5)C4)CC3)CC2)C(C)(C)C)cc1. The molecule has 5 aromatic carbocycles. The van der Waals surface area contributed by atoms with Crippen LogP contribution >= 0.6 is 34.7 Å². The number of halogens is 4. The molecule has 0 saturated carbocycles. The smallest absolute Gasteiger partial charge is 0.391 e. The van der Waals surface area contributed by atoms with Crippen molar-refractivity contribution in [3.05, 3.63) is 160 Å². The van der Waals surface area contributed by atoms with Crippen molar-refractivity contribution in [3.63, 3.8) is 0 Å². The first-order chi connectivity index (χ1) is 55.6. The number of thioether (sulfide) groups is 1. The van der Waals surface area contributed by atoms with Crippen molar-refractivity contribution in [1.82, 2.24) is 49.7 Å². The lowest BCUT2D eigenvalue weighted by Gasteiger charge is -2.45. The number of aliphatic hydroxyl groups excluding tert-OH is 1. The van der Waals surface area contributed by atoms with Gasteiger partial charge in [-0.05, 0) is 203 Å². The molecule has 6 atom stereocenters. The minimum absolute atomic E-state index is 0.0305. The summed E-state index contributed by atoms with van der Waals surface area (Å²) in [5.41, 5.74) is 2.48. The molecule has 5 saturated heterocycles. The van der Waals surface area contributed by atoms with E-state index in [4.69, 9.17) is 16.3 Å². The molecular formula is C86H112ClF3N12O11S4. The first-order valence-electron chi connectivity index (χ1n) is 40.7. The average molecular weight is 1710 g/mol. The Hall–Kier alpha value is -7.49. The fourth-order valence-electron chi connectivity index (χ4n) is 17.3. The number of alkyl halides is 3. The Kier molecular flexibility index (Phi) is 29.5. The number of hydrogen-bond donors (Lipinski definition) is 5. The maximum absolute atomic E-state index is 14.5. The number of piperidine rings is 2. The van der Waals surface area contributed by atoms with Crippen LogP contribution in [0, 0.1) is 29.6 Å². The molecule has 5 aliphatic heterocycles. The molecule has 6 aliphatic rings. The number of carbonyl (C=O) groups is 5. The van der Waals surface area contributed by atoms with Gasteiger partial charge >= 0.3 is 5.51 Å². The molecule has 0 bridgehead atoms. The highest BCUT2D eigenvalue weighted by Gasteiger charge is 2.50. The molecule has 23 nitrogen and oxygen atoms in total. The van der Waals surface area contributed by atoms with Gasteiger partial charge in [-0.2, -0.15) is 13.2 Å². The number of sulfone groups is 1. The lowest BCUT2D eigenvalue weighted by Crippen LogP contribution is -2.58. The number of likely N-dealkylation sites (tertiary alicyclic amines) is 3. The molecule has 117 heavy (non-hydrogen) atoms. The van der Waals surface area contributed by atoms with Crippen molar-refractivity contribution in [2.45, 2.75) is 156 Å². The Morgan fingerprint density at radius 3 is 2.12 bits per heavy atom. The van der Waals surface area contributed by atoms with E-state index in [1.165, 1.54) is 45.5 Å². The zero-order chi connectivity index (χ0) is 83.6. The molecule has 6 aromatic rings. The number of β-amino-alcohol motifs (C(OH)–C–C–N with tert-alkyl or cyclic N) is 1. The molecule has 1 aromatic heterocycles. The van der Waals surface area contributed by atoms with Crippen LogP contribution in [0.25, 0.3) is 16.0 Å². The van der Waals surface area contributed by atoms with E-state index >= 15 is 0 Å². The second-order valence-electron chi connectivity index (χ2n) is 33.9. The largest absolute Gasteiger partial charge is 0.501 e. The Labute approximate surface area is 700 Å². The molecule has 634 valence electrons. The van der Waals surface area contributed by atoms with E-state index in [1.807, 2.05) is 116 Å². The van der Waals surface area contributed by atoms with Gasteiger partial charge in [-0.1, -0.05) is 99.5 Å². The highest BCUT2D eigenvalue weighted by molar-refractivity contribution is 7.99. The van der Waals surface area contributed by atoms with E-state index in [-0.39, 0.29) is 49.0 Å². The van der Waals surface area contributed by atoms with Gasteiger partial charge in [0.25, 0.3) is 25.8 Å². The number of anilines is 2. The van der Waals surface area contributed by atoms with Gasteiger partial charge in [0.1, 0.15) is 17.0 Å². The fourth-order valence-corrected chi connectivity index (χ4v) is 21.3. The Morgan fingerprint density at radius 1 is 0.786 bits per heavy atom. The van der Waals surface area contributed by atoms with E-state index in [0.717, 1.165) is 142 Å². The van der Waals surface area contributed by atoms with Gasteiger partial charge in [0.15, 0.2) is 0 Å². The molecular weight excluding hydrogens is 1600 g/mol. The van der Waals surface area contributed by atoms with Gasteiger partial charge in [0.2, 0.25) is 23.6 Å². The zero-order valence-electron chi connectivity index (χ0n) is 67.9. The number of allylic oxidation sites excluding steroid dienone is 1. The number of amides is 5. The number of aromatic nitrogens is 1. The van der Waals surface area contributed by atoms with Crippen LogP contribution in [-0.4, -0.2) is 246 Å². The number of sulfonamides is 1. The number of rotatable bonds is 29. The molecule has 0 radical (unpaired) electrons. The standard InChI is InChI=1S/C86H112ClF3N12O11S4/c1-58(60-14-16-64(17-15-60)79-59(2)91-57-115-79)92-82(107)75-48-70(103)52-102(75)83(108)80(84(3,4)5)94-77(104)53-96(7)54-78(105)101-39-31-62(32-40-101)61-29-36-99(37-30-61)56-85(6)34-28-73(63-18-22-67(87)23-19-63)66(50-85)51-98-41-43-100(44-42-98)69-24-20-65(21-25-69)81(106)95-117(111,112)72-26-27-74(76(49-72)116(109,110)86(88,89)90)93-68(55-114-71-12-9-8-10-13-71)33-38-97-35-11-46-113-47-45-97/h8-10,12-27,49,57-58,61-62,68,70,75,80,93,103H,11,28-48,50-56H2,1-7H3,(H,92,107)(H,94,104)(H,95,106)/t58-,68+,70+,75-,80+,85+/m0/s1. The van der Waals surface area contributed by atoms with Crippen LogP contribution < -0.4 is 25.6 Å². The minimum atomic E-state index is -6.11. The fraction of sp³-hybridized carbons (Fsp3) is 0.535. The lowest BCUT2D eigenvalue weighted by molar-refractivity contribution is -0.144. The van der Waals surface area contributed by atoms with Gasteiger partial charge in [0, 0.05) is 125 Å². The molecule has 31 heteroatoms. The zero-order valence-corrected chi connectivity index (χ0v) is 71.9. The number of likely N-dealkylation sites (N-methyl/N-ethyl adjacent to an activating group) is 1. The van der Waals surface area contributed by atoms with E-state index < -0.39 is 94.1 Å². The monoisotopic (exact) mass is 1710 g/mol. The third-order valence-electron chi connectivity index (χ3n) is 23.9. The minimum Gasteiger partial charge on any atom is -0.391 e. The van der Waals surface area contributed by atoms with Gasteiger partial charge in [-0.3, -0.25) is 33.8 Å².